The monoisotopic (exact) mass is 265 g/mol. The number of fused-ring (bicyclic) bond motifs is 1. The van der Waals surface area contributed by atoms with Gasteiger partial charge in [-0.25, -0.2) is 4.98 Å². The Labute approximate surface area is 117 Å². The summed E-state index contributed by atoms with van der Waals surface area (Å²) in [6, 6.07) is 17.6. The third kappa shape index (κ3) is 2.16. The molecule has 0 aliphatic carbocycles. The van der Waals surface area contributed by atoms with Crippen LogP contribution in [-0.4, -0.2) is 20.5 Å². The number of oxime groups is 1. The van der Waals surface area contributed by atoms with Gasteiger partial charge in [0, 0.05) is 7.05 Å². The molecule has 0 spiro atoms. The highest BCUT2D eigenvalue weighted by molar-refractivity contribution is 6.01. The Bertz CT molecular complexity index is 760. The summed E-state index contributed by atoms with van der Waals surface area (Å²) >= 11 is 0. The van der Waals surface area contributed by atoms with Gasteiger partial charge in [-0.05, 0) is 17.7 Å². The van der Waals surface area contributed by atoms with Crippen molar-refractivity contribution in [2.75, 3.05) is 0 Å². The zero-order chi connectivity index (χ0) is 13.9. The summed E-state index contributed by atoms with van der Waals surface area (Å²) in [5.41, 5.74) is 3.55. The summed E-state index contributed by atoms with van der Waals surface area (Å²) in [6.45, 7) is 0. The van der Waals surface area contributed by atoms with Crippen LogP contribution in [0.15, 0.2) is 59.8 Å². The van der Waals surface area contributed by atoms with Crippen LogP contribution in [0.25, 0.3) is 11.0 Å². The van der Waals surface area contributed by atoms with E-state index in [4.69, 9.17) is 0 Å². The second-order valence-corrected chi connectivity index (χ2v) is 4.67. The Morgan fingerprint density at radius 3 is 2.50 bits per heavy atom. The quantitative estimate of drug-likeness (QED) is 0.449. The van der Waals surface area contributed by atoms with Crippen LogP contribution >= 0.6 is 0 Å². The Hall–Kier alpha value is -2.62. The fourth-order valence-electron chi connectivity index (χ4n) is 2.33. The number of rotatable bonds is 3. The summed E-state index contributed by atoms with van der Waals surface area (Å²) in [7, 11) is 1.98. The van der Waals surface area contributed by atoms with Gasteiger partial charge in [-0.1, -0.05) is 47.6 Å². The lowest BCUT2D eigenvalue weighted by atomic mass is 10.1. The summed E-state index contributed by atoms with van der Waals surface area (Å²) in [5.74, 6) is 0.878. The maximum absolute atomic E-state index is 9.26. The number of benzene rings is 2. The van der Waals surface area contributed by atoms with E-state index in [-0.39, 0.29) is 0 Å². The number of hydrogen-bond acceptors (Lipinski definition) is 3. The first-order valence-electron chi connectivity index (χ1n) is 6.46. The minimum Gasteiger partial charge on any atom is -0.411 e. The molecule has 2 aromatic carbocycles. The molecule has 0 atom stereocenters. The van der Waals surface area contributed by atoms with Gasteiger partial charge in [0.2, 0.25) is 0 Å². The molecule has 0 aliphatic heterocycles. The first-order chi connectivity index (χ1) is 9.79. The lowest BCUT2D eigenvalue weighted by Crippen LogP contribution is -2.09. The Kier molecular flexibility index (Phi) is 3.21. The predicted molar refractivity (Wildman–Crippen MR) is 79.2 cm³/mol. The number of nitrogens with zero attached hydrogens (tertiary/aromatic N) is 3. The van der Waals surface area contributed by atoms with Gasteiger partial charge < -0.3 is 9.77 Å². The fourth-order valence-corrected chi connectivity index (χ4v) is 2.33. The first kappa shape index (κ1) is 12.4. The number of hydrogen-bond donors (Lipinski definition) is 1. The molecule has 0 fully saturated rings. The van der Waals surface area contributed by atoms with Crippen LogP contribution in [0.4, 0.5) is 0 Å². The zero-order valence-electron chi connectivity index (χ0n) is 11.2. The molecule has 0 bridgehead atoms. The van der Waals surface area contributed by atoms with Crippen molar-refractivity contribution in [2.45, 2.75) is 6.42 Å². The zero-order valence-corrected chi connectivity index (χ0v) is 11.2. The Morgan fingerprint density at radius 1 is 1.10 bits per heavy atom. The minimum absolute atomic E-state index is 0.492. The van der Waals surface area contributed by atoms with Crippen molar-refractivity contribution in [1.29, 1.82) is 0 Å². The van der Waals surface area contributed by atoms with Gasteiger partial charge in [0.05, 0.1) is 23.2 Å². The smallest absolute Gasteiger partial charge is 0.115 e. The van der Waals surface area contributed by atoms with Gasteiger partial charge in [-0.2, -0.15) is 0 Å². The van der Waals surface area contributed by atoms with E-state index in [1.807, 2.05) is 66.2 Å². The normalized spacial score (nSPS) is 11.9. The molecule has 0 saturated carbocycles. The van der Waals surface area contributed by atoms with Crippen molar-refractivity contribution >= 4 is 16.7 Å². The van der Waals surface area contributed by atoms with E-state index in [9.17, 15) is 5.21 Å². The highest BCUT2D eigenvalue weighted by atomic mass is 16.4. The van der Waals surface area contributed by atoms with E-state index >= 15 is 0 Å². The van der Waals surface area contributed by atoms with Gasteiger partial charge in [0.1, 0.15) is 5.82 Å². The molecule has 20 heavy (non-hydrogen) atoms. The van der Waals surface area contributed by atoms with Crippen LogP contribution in [0.3, 0.4) is 0 Å². The van der Waals surface area contributed by atoms with Gasteiger partial charge >= 0.3 is 0 Å². The Balaban J connectivity index is 1.98. The molecular formula is C16H15N3O. The first-order valence-corrected chi connectivity index (χ1v) is 6.46. The van der Waals surface area contributed by atoms with Gasteiger partial charge in [-0.15, -0.1) is 0 Å². The molecule has 3 rings (SSSR count). The maximum atomic E-state index is 9.26. The average Bonchev–Trinajstić information content (AvgIpc) is 2.82. The van der Waals surface area contributed by atoms with E-state index in [0.717, 1.165) is 22.4 Å². The third-order valence-electron chi connectivity index (χ3n) is 3.43. The largest absolute Gasteiger partial charge is 0.411 e. The van der Waals surface area contributed by atoms with Gasteiger partial charge in [0.15, 0.2) is 0 Å². The third-order valence-corrected chi connectivity index (χ3v) is 3.43. The van der Waals surface area contributed by atoms with Gasteiger partial charge in [-0.3, -0.25) is 0 Å². The number of aryl methyl sites for hydroxylation is 1. The van der Waals surface area contributed by atoms with Crippen LogP contribution in [-0.2, 0) is 13.5 Å². The van der Waals surface area contributed by atoms with Crippen LogP contribution in [0.2, 0.25) is 0 Å². The van der Waals surface area contributed by atoms with E-state index in [1.54, 1.807) is 0 Å². The summed E-state index contributed by atoms with van der Waals surface area (Å²) in [4.78, 5) is 4.60. The second-order valence-electron chi connectivity index (χ2n) is 4.67. The molecule has 0 saturated heterocycles. The molecule has 0 amide bonds. The van der Waals surface area contributed by atoms with Crippen molar-refractivity contribution in [3.05, 3.63) is 66.0 Å². The van der Waals surface area contributed by atoms with E-state index in [1.165, 1.54) is 0 Å². The highest BCUT2D eigenvalue weighted by Crippen LogP contribution is 2.16. The minimum atomic E-state index is 0.492. The molecule has 1 heterocycles. The van der Waals surface area contributed by atoms with E-state index in [2.05, 4.69) is 10.1 Å². The fraction of sp³-hybridized carbons (Fsp3) is 0.125. The maximum Gasteiger partial charge on any atom is 0.115 e. The lowest BCUT2D eigenvalue weighted by molar-refractivity contribution is 0.318. The van der Waals surface area contributed by atoms with Crippen LogP contribution in [0.5, 0.6) is 0 Å². The molecule has 1 aromatic heterocycles. The molecular weight excluding hydrogens is 250 g/mol. The molecule has 1 N–H and O–H groups in total. The van der Waals surface area contributed by atoms with E-state index < -0.39 is 0 Å². The summed E-state index contributed by atoms with van der Waals surface area (Å²) in [6.07, 6.45) is 0.492. The number of para-hydroxylation sites is 2. The number of imidazole rings is 1. The highest BCUT2D eigenvalue weighted by Gasteiger charge is 2.12. The topological polar surface area (TPSA) is 50.4 Å². The van der Waals surface area contributed by atoms with Crippen LogP contribution in [0, 0.1) is 0 Å². The van der Waals surface area contributed by atoms with Crippen molar-refractivity contribution in [3.8, 4) is 0 Å². The molecule has 3 aromatic rings. The van der Waals surface area contributed by atoms with Crippen LogP contribution in [0.1, 0.15) is 11.4 Å². The van der Waals surface area contributed by atoms with Crippen molar-refractivity contribution in [3.63, 3.8) is 0 Å². The Morgan fingerprint density at radius 2 is 1.80 bits per heavy atom. The molecule has 0 unspecified atom stereocenters. The molecule has 100 valence electrons. The van der Waals surface area contributed by atoms with Crippen molar-refractivity contribution in [1.82, 2.24) is 9.55 Å². The second kappa shape index (κ2) is 5.17. The average molecular weight is 265 g/mol. The SMILES string of the molecule is Cn1c(C/C(=N/O)c2ccccc2)nc2ccccc21. The standard InChI is InChI=1S/C16H15N3O/c1-19-15-10-6-5-9-13(15)17-16(19)11-14(18-20)12-7-3-2-4-8-12/h2-10,20H,11H2,1H3/b18-14-. The molecule has 4 heteroatoms. The van der Waals surface area contributed by atoms with Crippen molar-refractivity contribution in [2.24, 2.45) is 12.2 Å². The predicted octanol–water partition coefficient (Wildman–Crippen LogP) is 2.99. The van der Waals surface area contributed by atoms with Gasteiger partial charge in [0.25, 0.3) is 0 Å². The molecule has 0 radical (unpaired) electrons. The number of aromatic nitrogens is 2. The van der Waals surface area contributed by atoms with E-state index in [0.29, 0.717) is 12.1 Å². The van der Waals surface area contributed by atoms with Crippen LogP contribution < -0.4 is 0 Å². The molecule has 4 nitrogen and oxygen atoms in total. The molecule has 0 aliphatic rings. The summed E-state index contributed by atoms with van der Waals surface area (Å²) < 4.78 is 2.03. The van der Waals surface area contributed by atoms with Crippen molar-refractivity contribution < 1.29 is 5.21 Å². The lowest BCUT2D eigenvalue weighted by Gasteiger charge is -2.05. The summed E-state index contributed by atoms with van der Waals surface area (Å²) in [5, 5.41) is 12.7.